The molecule has 1 rings (SSSR count). The van der Waals surface area contributed by atoms with Crippen LogP contribution in [0.4, 0.5) is 23.2 Å². The van der Waals surface area contributed by atoms with Crippen molar-refractivity contribution in [2.75, 3.05) is 6.54 Å². The lowest BCUT2D eigenvalue weighted by molar-refractivity contribution is -0.387. The highest BCUT2D eigenvalue weighted by molar-refractivity contribution is 5.94. The second kappa shape index (κ2) is 6.31. The van der Waals surface area contributed by atoms with Crippen LogP contribution in [0.1, 0.15) is 23.2 Å². The van der Waals surface area contributed by atoms with Crippen molar-refractivity contribution in [2.45, 2.75) is 19.0 Å². The molecule has 0 fully saturated rings. The predicted octanol–water partition coefficient (Wildman–Crippen LogP) is 2.81. The molecular weight excluding hydrogens is 284 g/mol. The van der Waals surface area contributed by atoms with E-state index in [1.165, 1.54) is 0 Å². The van der Waals surface area contributed by atoms with E-state index in [1.54, 1.807) is 0 Å². The molecule has 0 aliphatic rings. The van der Waals surface area contributed by atoms with Gasteiger partial charge in [0.2, 0.25) is 5.82 Å². The minimum Gasteiger partial charge on any atom is -0.352 e. The molecule has 1 aromatic carbocycles. The highest BCUT2D eigenvalue weighted by Gasteiger charge is 2.26. The predicted molar refractivity (Wildman–Crippen MR) is 60.7 cm³/mol. The van der Waals surface area contributed by atoms with Gasteiger partial charge in [0.25, 0.3) is 5.91 Å². The van der Waals surface area contributed by atoms with Gasteiger partial charge in [-0.15, -0.1) is 0 Å². The third-order valence-electron chi connectivity index (χ3n) is 2.33. The molecule has 0 spiro atoms. The van der Waals surface area contributed by atoms with E-state index < -0.39 is 34.9 Å². The molecular formula is C11H10F4N2O3. The van der Waals surface area contributed by atoms with Gasteiger partial charge in [0.05, 0.1) is 4.92 Å². The molecule has 110 valence electrons. The fourth-order valence-corrected chi connectivity index (χ4v) is 1.39. The summed E-state index contributed by atoms with van der Waals surface area (Å²) in [4.78, 5) is 21.0. The fraction of sp³-hybridized carbons (Fsp3) is 0.364. The van der Waals surface area contributed by atoms with Crippen LogP contribution in [0.15, 0.2) is 18.2 Å². The number of nitrogens with zero attached hydrogens (tertiary/aromatic N) is 1. The summed E-state index contributed by atoms with van der Waals surface area (Å²) < 4.78 is 48.6. The van der Waals surface area contributed by atoms with E-state index >= 15 is 0 Å². The van der Waals surface area contributed by atoms with Crippen LogP contribution in [0.5, 0.6) is 0 Å². The molecule has 0 atom stereocenters. The fourth-order valence-electron chi connectivity index (χ4n) is 1.39. The van der Waals surface area contributed by atoms with E-state index in [1.807, 2.05) is 0 Å². The summed E-state index contributed by atoms with van der Waals surface area (Å²) in [6.07, 6.45) is -5.66. The highest BCUT2D eigenvalue weighted by atomic mass is 19.4. The van der Waals surface area contributed by atoms with Gasteiger partial charge in [0.15, 0.2) is 0 Å². The highest BCUT2D eigenvalue weighted by Crippen LogP contribution is 2.21. The van der Waals surface area contributed by atoms with Crippen LogP contribution < -0.4 is 5.32 Å². The summed E-state index contributed by atoms with van der Waals surface area (Å²) in [5.74, 6) is -1.89. The molecule has 0 radical (unpaired) electrons. The number of hydrogen-bond acceptors (Lipinski definition) is 3. The minimum absolute atomic E-state index is 0.190. The molecule has 9 heteroatoms. The molecule has 0 saturated heterocycles. The molecule has 1 N–H and O–H groups in total. The Hall–Kier alpha value is -2.19. The topological polar surface area (TPSA) is 72.2 Å². The summed E-state index contributed by atoms with van der Waals surface area (Å²) in [5.41, 5.74) is -1.06. The van der Waals surface area contributed by atoms with E-state index in [-0.39, 0.29) is 18.5 Å². The third kappa shape index (κ3) is 4.82. The molecule has 0 aromatic heterocycles. The first kappa shape index (κ1) is 15.9. The molecule has 0 heterocycles. The van der Waals surface area contributed by atoms with Gasteiger partial charge in [-0.1, -0.05) is 0 Å². The summed E-state index contributed by atoms with van der Waals surface area (Å²) in [6.45, 7) is -0.233. The van der Waals surface area contributed by atoms with Crippen LogP contribution in [-0.2, 0) is 0 Å². The largest absolute Gasteiger partial charge is 0.389 e. The van der Waals surface area contributed by atoms with Crippen molar-refractivity contribution in [1.82, 2.24) is 5.32 Å². The quantitative estimate of drug-likeness (QED) is 0.393. The monoisotopic (exact) mass is 294 g/mol. The number of amides is 1. The van der Waals surface area contributed by atoms with Crippen LogP contribution in [-0.4, -0.2) is 23.6 Å². The number of halogens is 4. The Bertz CT molecular complexity index is 517. The lowest BCUT2D eigenvalue weighted by Gasteiger charge is -2.07. The van der Waals surface area contributed by atoms with Crippen molar-refractivity contribution in [3.63, 3.8) is 0 Å². The molecule has 1 aromatic rings. The van der Waals surface area contributed by atoms with E-state index in [0.717, 1.165) is 18.2 Å². The lowest BCUT2D eigenvalue weighted by Crippen LogP contribution is -2.25. The van der Waals surface area contributed by atoms with Crippen molar-refractivity contribution < 1.29 is 27.3 Å². The average molecular weight is 294 g/mol. The van der Waals surface area contributed by atoms with E-state index in [0.29, 0.717) is 0 Å². The van der Waals surface area contributed by atoms with Crippen LogP contribution >= 0.6 is 0 Å². The van der Waals surface area contributed by atoms with Crippen molar-refractivity contribution in [2.24, 2.45) is 0 Å². The number of carbonyl (C=O) groups excluding carboxylic acids is 1. The van der Waals surface area contributed by atoms with Gasteiger partial charge >= 0.3 is 11.9 Å². The Morgan fingerprint density at radius 3 is 2.55 bits per heavy atom. The van der Waals surface area contributed by atoms with E-state index in [9.17, 15) is 32.5 Å². The van der Waals surface area contributed by atoms with Crippen LogP contribution in [0, 0.1) is 15.9 Å². The summed E-state index contributed by atoms with van der Waals surface area (Å²) >= 11 is 0. The molecule has 20 heavy (non-hydrogen) atoms. The zero-order valence-electron chi connectivity index (χ0n) is 10.0. The average Bonchev–Trinajstić information content (AvgIpc) is 2.33. The van der Waals surface area contributed by atoms with Crippen LogP contribution in [0.2, 0.25) is 0 Å². The summed E-state index contributed by atoms with van der Waals surface area (Å²) in [5, 5.41) is 12.6. The first-order chi connectivity index (χ1) is 9.20. The van der Waals surface area contributed by atoms with E-state index in [2.05, 4.69) is 5.32 Å². The number of nitrogens with one attached hydrogen (secondary N) is 1. The molecule has 0 bridgehead atoms. The summed E-state index contributed by atoms with van der Waals surface area (Å²) in [6, 6.07) is 2.50. The van der Waals surface area contributed by atoms with E-state index in [4.69, 9.17) is 0 Å². The minimum atomic E-state index is -4.31. The maximum Gasteiger partial charge on any atom is 0.389 e. The van der Waals surface area contributed by atoms with Gasteiger partial charge in [-0.25, -0.2) is 0 Å². The molecule has 0 saturated carbocycles. The zero-order chi connectivity index (χ0) is 15.3. The zero-order valence-corrected chi connectivity index (χ0v) is 10.0. The van der Waals surface area contributed by atoms with Gasteiger partial charge in [-0.2, -0.15) is 17.6 Å². The number of nitro groups is 1. The van der Waals surface area contributed by atoms with Gasteiger partial charge < -0.3 is 5.32 Å². The van der Waals surface area contributed by atoms with Crippen LogP contribution in [0.3, 0.4) is 0 Å². The second-order valence-corrected chi connectivity index (χ2v) is 3.90. The van der Waals surface area contributed by atoms with Gasteiger partial charge in [-0.05, 0) is 18.6 Å². The summed E-state index contributed by atoms with van der Waals surface area (Å²) in [7, 11) is 0. The molecule has 0 aliphatic carbocycles. The number of rotatable bonds is 5. The number of alkyl halides is 3. The second-order valence-electron chi connectivity index (χ2n) is 3.90. The molecule has 0 unspecified atom stereocenters. The maximum absolute atomic E-state index is 13.0. The molecule has 1 amide bonds. The normalized spacial score (nSPS) is 11.2. The van der Waals surface area contributed by atoms with Crippen molar-refractivity contribution >= 4 is 11.6 Å². The maximum atomic E-state index is 13.0. The van der Waals surface area contributed by atoms with Crippen molar-refractivity contribution in [1.29, 1.82) is 0 Å². The molecule has 0 aliphatic heterocycles. The van der Waals surface area contributed by atoms with Crippen molar-refractivity contribution in [3.05, 3.63) is 39.7 Å². The Morgan fingerprint density at radius 2 is 2.00 bits per heavy atom. The Morgan fingerprint density at radius 1 is 1.35 bits per heavy atom. The number of benzene rings is 1. The number of hydrogen-bond donors (Lipinski definition) is 1. The Kier molecular flexibility index (Phi) is 5.00. The van der Waals surface area contributed by atoms with Gasteiger partial charge in [0, 0.05) is 24.6 Å². The van der Waals surface area contributed by atoms with Crippen molar-refractivity contribution in [3.8, 4) is 0 Å². The van der Waals surface area contributed by atoms with Crippen LogP contribution in [0.25, 0.3) is 0 Å². The number of carbonyl (C=O) groups is 1. The Balaban J connectivity index is 2.60. The smallest absolute Gasteiger partial charge is 0.352 e. The first-order valence-corrected chi connectivity index (χ1v) is 5.49. The Labute approximate surface area is 110 Å². The SMILES string of the molecule is O=C(NCCCC(F)(F)F)c1ccc(F)c([N+](=O)[O-])c1. The van der Waals surface area contributed by atoms with Gasteiger partial charge in [-0.3, -0.25) is 14.9 Å². The number of nitro benzene ring substituents is 1. The first-order valence-electron chi connectivity index (χ1n) is 5.49. The van der Waals surface area contributed by atoms with Gasteiger partial charge in [0.1, 0.15) is 0 Å². The standard InChI is InChI=1S/C11H10F4N2O3/c12-8-3-2-7(6-9(8)17(19)20)10(18)16-5-1-4-11(13,14)15/h2-3,6H,1,4-5H2,(H,16,18). The lowest BCUT2D eigenvalue weighted by atomic mass is 10.2. The molecule has 5 nitrogen and oxygen atoms in total. The third-order valence-corrected chi connectivity index (χ3v) is 2.33.